The molecule has 31 heavy (non-hydrogen) atoms. The molecule has 1 N–H and O–H groups in total. The van der Waals surface area contributed by atoms with Crippen molar-refractivity contribution in [2.24, 2.45) is 0 Å². The normalized spacial score (nSPS) is 12.3. The van der Waals surface area contributed by atoms with Crippen molar-refractivity contribution in [2.45, 2.75) is 31.0 Å². The van der Waals surface area contributed by atoms with E-state index in [0.717, 1.165) is 17.0 Å². The van der Waals surface area contributed by atoms with Crippen molar-refractivity contribution >= 4 is 11.8 Å². The second kappa shape index (κ2) is 9.85. The van der Waals surface area contributed by atoms with Gasteiger partial charge in [-0.2, -0.15) is 0 Å². The molecule has 0 spiro atoms. The summed E-state index contributed by atoms with van der Waals surface area (Å²) >= 11 is 1.43. The Balaban J connectivity index is 1.46. The predicted molar refractivity (Wildman–Crippen MR) is 122 cm³/mol. The minimum absolute atomic E-state index is 0.210. The summed E-state index contributed by atoms with van der Waals surface area (Å²) in [7, 11) is 0. The van der Waals surface area contributed by atoms with Gasteiger partial charge in [-0.25, -0.2) is 0 Å². The second-order valence-corrected chi connectivity index (χ2v) is 8.41. The molecule has 2 heterocycles. The van der Waals surface area contributed by atoms with E-state index in [2.05, 4.69) is 30.1 Å². The fourth-order valence-electron chi connectivity index (χ4n) is 3.23. The highest BCUT2D eigenvalue weighted by Gasteiger charge is 2.19. The Morgan fingerprint density at radius 2 is 1.77 bits per heavy atom. The fraction of sp³-hybridized carbons (Fsp3) is 0.250. The third-order valence-corrected chi connectivity index (χ3v) is 5.84. The third-order valence-electron chi connectivity index (χ3n) is 4.77. The Bertz CT molecular complexity index is 1090. The maximum Gasteiger partial charge on any atom is 0.205 e. The van der Waals surface area contributed by atoms with E-state index in [4.69, 9.17) is 9.15 Å². The maximum atomic E-state index is 10.5. The monoisotopic (exact) mass is 435 g/mol. The number of furan rings is 1. The van der Waals surface area contributed by atoms with Gasteiger partial charge in [0.1, 0.15) is 12.4 Å². The molecular weight excluding hydrogens is 410 g/mol. The quantitative estimate of drug-likeness (QED) is 0.365. The minimum Gasteiger partial charge on any atom is -0.491 e. The lowest BCUT2D eigenvalue weighted by molar-refractivity contribution is 0.125. The average Bonchev–Trinajstić information content (AvgIpc) is 3.46. The minimum atomic E-state index is -0.654. The Morgan fingerprint density at radius 3 is 2.52 bits per heavy atom. The number of hydrogen-bond acceptors (Lipinski definition) is 6. The standard InChI is InChI=1S/C24H25N3O3S/c1-17(2)20-11-6-7-12-21(20)30-15-19(28)16-31-24-26-25-23(22-13-8-14-29-22)27(24)18-9-4-3-5-10-18/h3-14,17,19,28H,15-16H2,1-2H3. The zero-order valence-electron chi connectivity index (χ0n) is 17.5. The van der Waals surface area contributed by atoms with E-state index in [9.17, 15) is 5.11 Å². The van der Waals surface area contributed by atoms with Crippen LogP contribution in [0.4, 0.5) is 0 Å². The molecule has 1 unspecified atom stereocenters. The number of aliphatic hydroxyl groups is 1. The molecule has 0 saturated heterocycles. The van der Waals surface area contributed by atoms with Gasteiger partial charge >= 0.3 is 0 Å². The summed E-state index contributed by atoms with van der Waals surface area (Å²) in [6, 6.07) is 21.5. The van der Waals surface area contributed by atoms with E-state index in [1.807, 2.05) is 65.2 Å². The van der Waals surface area contributed by atoms with Gasteiger partial charge in [-0.1, -0.05) is 62.0 Å². The third kappa shape index (κ3) is 5.00. The van der Waals surface area contributed by atoms with Gasteiger partial charge in [0.25, 0.3) is 0 Å². The fourth-order valence-corrected chi connectivity index (χ4v) is 4.09. The molecule has 2 aromatic heterocycles. The van der Waals surface area contributed by atoms with E-state index >= 15 is 0 Å². The lowest BCUT2D eigenvalue weighted by Gasteiger charge is -2.16. The SMILES string of the molecule is CC(C)c1ccccc1OCC(O)CSc1nnc(-c2ccco2)n1-c1ccccc1. The molecule has 2 aromatic carbocycles. The van der Waals surface area contributed by atoms with Crippen LogP contribution in [0, 0.1) is 0 Å². The lowest BCUT2D eigenvalue weighted by atomic mass is 10.0. The van der Waals surface area contributed by atoms with Crippen molar-refractivity contribution < 1.29 is 14.3 Å². The first-order valence-corrected chi connectivity index (χ1v) is 11.2. The number of nitrogens with zero attached hydrogens (tertiary/aromatic N) is 3. The highest BCUT2D eigenvalue weighted by atomic mass is 32.2. The number of aromatic nitrogens is 3. The largest absolute Gasteiger partial charge is 0.491 e. The molecule has 0 amide bonds. The summed E-state index contributed by atoms with van der Waals surface area (Å²) < 4.78 is 13.4. The Labute approximate surface area is 185 Å². The summed E-state index contributed by atoms with van der Waals surface area (Å²) in [5.74, 6) is 2.85. The van der Waals surface area contributed by atoms with Crippen LogP contribution in [0.2, 0.25) is 0 Å². The number of para-hydroxylation sites is 2. The van der Waals surface area contributed by atoms with E-state index in [1.165, 1.54) is 11.8 Å². The summed E-state index contributed by atoms with van der Waals surface area (Å²) in [6.07, 6.45) is 0.959. The van der Waals surface area contributed by atoms with Gasteiger partial charge < -0.3 is 14.3 Å². The van der Waals surface area contributed by atoms with Crippen LogP contribution in [0.1, 0.15) is 25.3 Å². The topological polar surface area (TPSA) is 73.3 Å². The van der Waals surface area contributed by atoms with Crippen molar-refractivity contribution in [1.29, 1.82) is 0 Å². The van der Waals surface area contributed by atoms with E-state index in [-0.39, 0.29) is 6.61 Å². The predicted octanol–water partition coefficient (Wildman–Crippen LogP) is 5.18. The molecule has 0 aliphatic carbocycles. The van der Waals surface area contributed by atoms with Crippen LogP contribution in [0.3, 0.4) is 0 Å². The van der Waals surface area contributed by atoms with E-state index < -0.39 is 6.10 Å². The number of aliphatic hydroxyl groups excluding tert-OH is 1. The van der Waals surface area contributed by atoms with Crippen molar-refractivity contribution in [1.82, 2.24) is 14.8 Å². The molecule has 1 atom stereocenters. The Hall–Kier alpha value is -3.03. The van der Waals surface area contributed by atoms with Crippen LogP contribution in [-0.2, 0) is 0 Å². The van der Waals surface area contributed by atoms with E-state index in [0.29, 0.717) is 28.4 Å². The van der Waals surface area contributed by atoms with Crippen molar-refractivity contribution in [3.8, 4) is 23.0 Å². The van der Waals surface area contributed by atoms with Crippen LogP contribution in [0.15, 0.2) is 82.6 Å². The van der Waals surface area contributed by atoms with Crippen molar-refractivity contribution in [3.63, 3.8) is 0 Å². The first kappa shape index (κ1) is 21.2. The molecule has 0 bridgehead atoms. The van der Waals surface area contributed by atoms with Gasteiger partial charge in [0.2, 0.25) is 5.82 Å². The number of thioether (sulfide) groups is 1. The van der Waals surface area contributed by atoms with Crippen LogP contribution < -0.4 is 4.74 Å². The number of hydrogen-bond donors (Lipinski definition) is 1. The number of rotatable bonds is 9. The molecule has 6 nitrogen and oxygen atoms in total. The van der Waals surface area contributed by atoms with Gasteiger partial charge in [-0.05, 0) is 41.8 Å². The van der Waals surface area contributed by atoms with Crippen LogP contribution in [0.5, 0.6) is 5.75 Å². The molecule has 160 valence electrons. The van der Waals surface area contributed by atoms with Crippen molar-refractivity contribution in [3.05, 3.63) is 78.6 Å². The lowest BCUT2D eigenvalue weighted by Crippen LogP contribution is -2.21. The highest BCUT2D eigenvalue weighted by molar-refractivity contribution is 7.99. The number of ether oxygens (including phenoxy) is 1. The van der Waals surface area contributed by atoms with Crippen LogP contribution in [0.25, 0.3) is 17.3 Å². The molecule has 0 aliphatic heterocycles. The van der Waals surface area contributed by atoms with Crippen molar-refractivity contribution in [2.75, 3.05) is 12.4 Å². The first-order chi connectivity index (χ1) is 15.1. The van der Waals surface area contributed by atoms with Gasteiger partial charge in [-0.3, -0.25) is 4.57 Å². The van der Waals surface area contributed by atoms with Crippen LogP contribution in [-0.4, -0.2) is 38.3 Å². The number of benzene rings is 2. The Morgan fingerprint density at radius 1 is 1.00 bits per heavy atom. The summed E-state index contributed by atoms with van der Waals surface area (Å²) in [5, 5.41) is 19.9. The molecule has 4 rings (SSSR count). The summed E-state index contributed by atoms with van der Waals surface area (Å²) in [4.78, 5) is 0. The molecule has 7 heteroatoms. The molecule has 0 radical (unpaired) electrons. The van der Waals surface area contributed by atoms with Crippen LogP contribution >= 0.6 is 11.8 Å². The zero-order valence-corrected chi connectivity index (χ0v) is 18.3. The molecule has 0 fully saturated rings. The molecule has 0 aliphatic rings. The molecule has 4 aromatic rings. The van der Waals surface area contributed by atoms with Gasteiger partial charge in [0.05, 0.1) is 12.4 Å². The first-order valence-electron chi connectivity index (χ1n) is 10.2. The summed E-state index contributed by atoms with van der Waals surface area (Å²) in [6.45, 7) is 4.46. The zero-order chi connectivity index (χ0) is 21.6. The summed E-state index contributed by atoms with van der Waals surface area (Å²) in [5.41, 5.74) is 2.06. The molecular formula is C24H25N3O3S. The smallest absolute Gasteiger partial charge is 0.205 e. The Kier molecular flexibility index (Phi) is 6.74. The van der Waals surface area contributed by atoms with Gasteiger partial charge in [0.15, 0.2) is 10.9 Å². The van der Waals surface area contributed by atoms with E-state index in [1.54, 1.807) is 6.26 Å². The van der Waals surface area contributed by atoms with Gasteiger partial charge in [-0.15, -0.1) is 10.2 Å². The molecule has 0 saturated carbocycles. The second-order valence-electron chi connectivity index (χ2n) is 7.42. The highest BCUT2D eigenvalue weighted by Crippen LogP contribution is 2.29. The maximum absolute atomic E-state index is 10.5. The van der Waals surface area contributed by atoms with Gasteiger partial charge in [0, 0.05) is 11.4 Å². The average molecular weight is 436 g/mol.